The van der Waals surface area contributed by atoms with Gasteiger partial charge in [-0.15, -0.1) is 0 Å². The Bertz CT molecular complexity index is 686. The lowest BCUT2D eigenvalue weighted by atomic mass is 10.1. The van der Waals surface area contributed by atoms with Crippen molar-refractivity contribution in [3.05, 3.63) is 53.3 Å². The summed E-state index contributed by atoms with van der Waals surface area (Å²) < 4.78 is 18.4. The molecule has 4 nitrogen and oxygen atoms in total. The number of phenolic OH excluding ortho intramolecular Hbond substituents is 1. The summed E-state index contributed by atoms with van der Waals surface area (Å²) >= 11 is 0. The third kappa shape index (κ3) is 3.75. The molecule has 0 unspecified atom stereocenters. The van der Waals surface area contributed by atoms with Gasteiger partial charge < -0.3 is 15.2 Å². The van der Waals surface area contributed by atoms with Crippen LogP contribution in [0.25, 0.3) is 0 Å². The number of nitrogens with one attached hydrogen (secondary N) is 1. The first-order chi connectivity index (χ1) is 10.5. The summed E-state index contributed by atoms with van der Waals surface area (Å²) in [4.78, 5) is 11.9. The maximum atomic E-state index is 13.6. The second kappa shape index (κ2) is 6.93. The number of phenols is 1. The standard InChI is InChI=1S/C17H18FNO3/c1-11-4-3-5-14(17(11)21)19-16(20)9-7-12-6-8-15(22-2)13(18)10-12/h3-6,8,10,21H,7,9H2,1-2H3,(H,19,20). The van der Waals surface area contributed by atoms with E-state index in [1.165, 1.54) is 19.2 Å². The van der Waals surface area contributed by atoms with Crippen LogP contribution in [-0.2, 0) is 11.2 Å². The summed E-state index contributed by atoms with van der Waals surface area (Å²) in [5.41, 5.74) is 1.78. The molecule has 0 aromatic heterocycles. The van der Waals surface area contributed by atoms with Gasteiger partial charge in [-0.3, -0.25) is 4.79 Å². The van der Waals surface area contributed by atoms with E-state index >= 15 is 0 Å². The molecule has 0 aliphatic heterocycles. The third-order valence-corrected chi connectivity index (χ3v) is 3.37. The van der Waals surface area contributed by atoms with Gasteiger partial charge in [0.2, 0.25) is 5.91 Å². The molecule has 0 aliphatic rings. The molecule has 0 saturated heterocycles. The molecule has 0 fully saturated rings. The molecule has 0 aliphatic carbocycles. The molecule has 0 bridgehead atoms. The van der Waals surface area contributed by atoms with Gasteiger partial charge in [0.25, 0.3) is 0 Å². The number of carbonyl (C=O) groups excluding carboxylic acids is 1. The van der Waals surface area contributed by atoms with Crippen molar-refractivity contribution in [3.63, 3.8) is 0 Å². The number of para-hydroxylation sites is 1. The maximum Gasteiger partial charge on any atom is 0.224 e. The second-order valence-corrected chi connectivity index (χ2v) is 4.99. The topological polar surface area (TPSA) is 58.6 Å². The van der Waals surface area contributed by atoms with Crippen LogP contribution in [0.1, 0.15) is 17.5 Å². The molecule has 22 heavy (non-hydrogen) atoms. The van der Waals surface area contributed by atoms with Gasteiger partial charge in [-0.2, -0.15) is 0 Å². The normalized spacial score (nSPS) is 10.3. The van der Waals surface area contributed by atoms with Crippen molar-refractivity contribution >= 4 is 11.6 Å². The molecule has 0 atom stereocenters. The molecule has 2 N–H and O–H groups in total. The number of halogens is 1. The minimum Gasteiger partial charge on any atom is -0.505 e. The van der Waals surface area contributed by atoms with Crippen LogP contribution >= 0.6 is 0 Å². The number of amides is 1. The smallest absolute Gasteiger partial charge is 0.224 e. The molecule has 2 rings (SSSR count). The SMILES string of the molecule is COc1ccc(CCC(=O)Nc2cccc(C)c2O)cc1F. The van der Waals surface area contributed by atoms with E-state index in [1.54, 1.807) is 31.2 Å². The van der Waals surface area contributed by atoms with E-state index in [0.717, 1.165) is 0 Å². The molecule has 0 spiro atoms. The Morgan fingerprint density at radius 3 is 2.77 bits per heavy atom. The number of carbonyl (C=O) groups is 1. The average Bonchev–Trinajstić information content (AvgIpc) is 2.50. The van der Waals surface area contributed by atoms with Gasteiger partial charge in [0.1, 0.15) is 5.75 Å². The quantitative estimate of drug-likeness (QED) is 0.832. The Labute approximate surface area is 128 Å². The monoisotopic (exact) mass is 303 g/mol. The fourth-order valence-electron chi connectivity index (χ4n) is 2.10. The Morgan fingerprint density at radius 2 is 2.09 bits per heavy atom. The number of hydrogen-bond acceptors (Lipinski definition) is 3. The van der Waals surface area contributed by atoms with E-state index in [-0.39, 0.29) is 23.8 Å². The minimum atomic E-state index is -0.447. The van der Waals surface area contributed by atoms with Crippen LogP contribution in [0, 0.1) is 12.7 Å². The van der Waals surface area contributed by atoms with Gasteiger partial charge >= 0.3 is 0 Å². The number of aryl methyl sites for hydroxylation is 2. The van der Waals surface area contributed by atoms with Crippen LogP contribution < -0.4 is 10.1 Å². The highest BCUT2D eigenvalue weighted by atomic mass is 19.1. The predicted molar refractivity (Wildman–Crippen MR) is 82.7 cm³/mol. The van der Waals surface area contributed by atoms with Crippen molar-refractivity contribution in [2.45, 2.75) is 19.8 Å². The highest BCUT2D eigenvalue weighted by Crippen LogP contribution is 2.26. The Kier molecular flexibility index (Phi) is 4.99. The van der Waals surface area contributed by atoms with Crippen LogP contribution in [-0.4, -0.2) is 18.1 Å². The average molecular weight is 303 g/mol. The number of methoxy groups -OCH3 is 1. The van der Waals surface area contributed by atoms with Crippen LogP contribution in [0.3, 0.4) is 0 Å². The van der Waals surface area contributed by atoms with E-state index in [4.69, 9.17) is 4.74 Å². The van der Waals surface area contributed by atoms with Gasteiger partial charge in [0.05, 0.1) is 12.8 Å². The molecule has 0 radical (unpaired) electrons. The lowest BCUT2D eigenvalue weighted by Crippen LogP contribution is -2.12. The number of hydrogen-bond donors (Lipinski definition) is 2. The summed E-state index contributed by atoms with van der Waals surface area (Å²) in [6, 6.07) is 9.76. The molecule has 0 heterocycles. The summed E-state index contributed by atoms with van der Waals surface area (Å²) in [6.07, 6.45) is 0.596. The number of aromatic hydroxyl groups is 1. The first-order valence-electron chi connectivity index (χ1n) is 6.92. The Balaban J connectivity index is 1.95. The van der Waals surface area contributed by atoms with E-state index in [1.807, 2.05) is 0 Å². The number of benzene rings is 2. The molecule has 5 heteroatoms. The summed E-state index contributed by atoms with van der Waals surface area (Å²) in [6.45, 7) is 1.76. The van der Waals surface area contributed by atoms with Gasteiger partial charge in [0.15, 0.2) is 11.6 Å². The molecule has 0 saturated carbocycles. The predicted octanol–water partition coefficient (Wildman–Crippen LogP) is 3.42. The minimum absolute atomic E-state index is 0.0614. The lowest BCUT2D eigenvalue weighted by Gasteiger charge is -2.09. The van der Waals surface area contributed by atoms with Crippen molar-refractivity contribution in [2.24, 2.45) is 0 Å². The third-order valence-electron chi connectivity index (χ3n) is 3.37. The molecule has 2 aromatic carbocycles. The van der Waals surface area contributed by atoms with Crippen molar-refractivity contribution in [1.82, 2.24) is 0 Å². The fourth-order valence-corrected chi connectivity index (χ4v) is 2.10. The summed E-state index contributed by atoms with van der Waals surface area (Å²) in [5.74, 6) is -0.446. The van der Waals surface area contributed by atoms with Gasteiger partial charge in [-0.05, 0) is 42.7 Å². The molecule has 116 valence electrons. The number of ether oxygens (including phenoxy) is 1. The Hall–Kier alpha value is -2.56. The van der Waals surface area contributed by atoms with Gasteiger partial charge in [-0.1, -0.05) is 18.2 Å². The lowest BCUT2D eigenvalue weighted by molar-refractivity contribution is -0.116. The van der Waals surface area contributed by atoms with Crippen molar-refractivity contribution < 1.29 is 19.0 Å². The zero-order valence-corrected chi connectivity index (χ0v) is 12.5. The van der Waals surface area contributed by atoms with Crippen LogP contribution in [0.4, 0.5) is 10.1 Å². The van der Waals surface area contributed by atoms with Crippen LogP contribution in [0.2, 0.25) is 0 Å². The van der Waals surface area contributed by atoms with Gasteiger partial charge in [0, 0.05) is 6.42 Å². The van der Waals surface area contributed by atoms with E-state index in [2.05, 4.69) is 5.32 Å². The highest BCUT2D eigenvalue weighted by Gasteiger charge is 2.09. The highest BCUT2D eigenvalue weighted by molar-refractivity contribution is 5.92. The van der Waals surface area contributed by atoms with Gasteiger partial charge in [-0.25, -0.2) is 4.39 Å². The van der Waals surface area contributed by atoms with Crippen molar-refractivity contribution in [2.75, 3.05) is 12.4 Å². The fraction of sp³-hybridized carbons (Fsp3) is 0.235. The largest absolute Gasteiger partial charge is 0.505 e. The number of rotatable bonds is 5. The molecule has 2 aromatic rings. The van der Waals surface area contributed by atoms with E-state index in [9.17, 15) is 14.3 Å². The number of anilines is 1. The molecular weight excluding hydrogens is 285 g/mol. The molecule has 1 amide bonds. The first-order valence-corrected chi connectivity index (χ1v) is 6.92. The van der Waals surface area contributed by atoms with Crippen LogP contribution in [0.5, 0.6) is 11.5 Å². The second-order valence-electron chi connectivity index (χ2n) is 4.99. The zero-order valence-electron chi connectivity index (χ0n) is 12.5. The Morgan fingerprint density at radius 1 is 1.32 bits per heavy atom. The van der Waals surface area contributed by atoms with Crippen molar-refractivity contribution in [3.8, 4) is 11.5 Å². The van der Waals surface area contributed by atoms with E-state index < -0.39 is 5.82 Å². The molecular formula is C17H18FNO3. The van der Waals surface area contributed by atoms with Crippen LogP contribution in [0.15, 0.2) is 36.4 Å². The maximum absolute atomic E-state index is 13.6. The zero-order chi connectivity index (χ0) is 16.1. The summed E-state index contributed by atoms with van der Waals surface area (Å²) in [5, 5.41) is 12.5. The first kappa shape index (κ1) is 15.8. The summed E-state index contributed by atoms with van der Waals surface area (Å²) in [7, 11) is 1.40. The van der Waals surface area contributed by atoms with Crippen molar-refractivity contribution in [1.29, 1.82) is 0 Å². The van der Waals surface area contributed by atoms with E-state index in [0.29, 0.717) is 23.2 Å².